The highest BCUT2D eigenvalue weighted by atomic mass is 16.3. The second-order valence-corrected chi connectivity index (χ2v) is 3.92. The van der Waals surface area contributed by atoms with E-state index in [9.17, 15) is 0 Å². The molecule has 4 nitrogen and oxygen atoms in total. The van der Waals surface area contributed by atoms with Crippen LogP contribution in [0.15, 0.2) is 40.9 Å². The fraction of sp³-hybridized carbons (Fsp3) is 0.0769. The van der Waals surface area contributed by atoms with E-state index in [0.29, 0.717) is 11.6 Å². The lowest BCUT2D eigenvalue weighted by Crippen LogP contribution is -1.86. The average molecular weight is 225 g/mol. The number of pyridine rings is 1. The number of fused-ring (bicyclic) bond motifs is 1. The van der Waals surface area contributed by atoms with Crippen molar-refractivity contribution >= 4 is 16.8 Å². The number of aryl methyl sites for hydroxylation is 1. The maximum absolute atomic E-state index is 5.70. The summed E-state index contributed by atoms with van der Waals surface area (Å²) >= 11 is 0. The molecule has 0 radical (unpaired) electrons. The van der Waals surface area contributed by atoms with E-state index >= 15 is 0 Å². The van der Waals surface area contributed by atoms with Gasteiger partial charge in [0.05, 0.1) is 0 Å². The first-order valence-corrected chi connectivity index (χ1v) is 5.32. The zero-order chi connectivity index (χ0) is 11.8. The van der Waals surface area contributed by atoms with E-state index in [1.165, 1.54) is 0 Å². The number of rotatable bonds is 1. The van der Waals surface area contributed by atoms with Crippen LogP contribution >= 0.6 is 0 Å². The average Bonchev–Trinajstić information content (AvgIpc) is 2.72. The second kappa shape index (κ2) is 3.59. The van der Waals surface area contributed by atoms with Gasteiger partial charge >= 0.3 is 0 Å². The summed E-state index contributed by atoms with van der Waals surface area (Å²) in [6.07, 6.45) is 1.73. The van der Waals surface area contributed by atoms with Crippen LogP contribution in [-0.2, 0) is 0 Å². The lowest BCUT2D eigenvalue weighted by Gasteiger charge is -1.97. The number of oxazole rings is 1. The summed E-state index contributed by atoms with van der Waals surface area (Å²) in [6, 6.07) is 9.27. The van der Waals surface area contributed by atoms with Gasteiger partial charge in [0.2, 0.25) is 5.89 Å². The van der Waals surface area contributed by atoms with Gasteiger partial charge in [-0.1, -0.05) is 6.07 Å². The Morgan fingerprint density at radius 1 is 1.24 bits per heavy atom. The Morgan fingerprint density at radius 2 is 2.12 bits per heavy atom. The van der Waals surface area contributed by atoms with Crippen LogP contribution in [0.2, 0.25) is 0 Å². The Kier molecular flexibility index (Phi) is 2.08. The molecule has 0 amide bonds. The quantitative estimate of drug-likeness (QED) is 0.647. The van der Waals surface area contributed by atoms with Gasteiger partial charge in [0.25, 0.3) is 0 Å². The van der Waals surface area contributed by atoms with E-state index in [1.54, 1.807) is 18.3 Å². The lowest BCUT2D eigenvalue weighted by atomic mass is 10.2. The van der Waals surface area contributed by atoms with E-state index in [1.807, 2.05) is 25.1 Å². The van der Waals surface area contributed by atoms with Crippen molar-refractivity contribution < 1.29 is 4.42 Å². The van der Waals surface area contributed by atoms with E-state index in [4.69, 9.17) is 10.2 Å². The number of benzene rings is 1. The van der Waals surface area contributed by atoms with Gasteiger partial charge in [-0.3, -0.25) is 4.98 Å². The number of hydrogen-bond donors (Lipinski definition) is 1. The van der Waals surface area contributed by atoms with E-state index in [2.05, 4.69) is 9.97 Å². The van der Waals surface area contributed by atoms with Crippen molar-refractivity contribution in [2.24, 2.45) is 0 Å². The molecule has 17 heavy (non-hydrogen) atoms. The Hall–Kier alpha value is -2.36. The van der Waals surface area contributed by atoms with Crippen molar-refractivity contribution in [1.29, 1.82) is 0 Å². The van der Waals surface area contributed by atoms with Crippen molar-refractivity contribution in [2.75, 3.05) is 5.73 Å². The highest BCUT2D eigenvalue weighted by Crippen LogP contribution is 2.25. The van der Waals surface area contributed by atoms with Crippen LogP contribution < -0.4 is 5.73 Å². The Bertz CT molecular complexity index is 688. The van der Waals surface area contributed by atoms with Gasteiger partial charge in [-0.25, -0.2) is 4.98 Å². The third kappa shape index (κ3) is 1.63. The van der Waals surface area contributed by atoms with Gasteiger partial charge in [0.15, 0.2) is 5.58 Å². The fourth-order valence-electron chi connectivity index (χ4n) is 1.76. The summed E-state index contributed by atoms with van der Waals surface area (Å²) in [5, 5.41) is 0. The van der Waals surface area contributed by atoms with Crippen LogP contribution in [-0.4, -0.2) is 9.97 Å². The highest BCUT2D eigenvalue weighted by Gasteiger charge is 2.11. The minimum atomic E-state index is 0.531. The fourth-order valence-corrected chi connectivity index (χ4v) is 1.76. The molecule has 3 aromatic rings. The predicted octanol–water partition coefficient (Wildman–Crippen LogP) is 2.78. The monoisotopic (exact) mass is 225 g/mol. The van der Waals surface area contributed by atoms with Crippen molar-refractivity contribution in [2.45, 2.75) is 6.92 Å². The molecule has 4 heteroatoms. The number of hydrogen-bond acceptors (Lipinski definition) is 4. The molecule has 0 unspecified atom stereocenters. The molecule has 0 aliphatic rings. The molecular weight excluding hydrogens is 214 g/mol. The van der Waals surface area contributed by atoms with Crippen LogP contribution in [0.5, 0.6) is 0 Å². The summed E-state index contributed by atoms with van der Waals surface area (Å²) in [4.78, 5) is 8.67. The standard InChI is InChI=1S/C13H11N3O/c1-8-3-2-6-15-12(8)13-16-10-7-9(14)4-5-11(10)17-13/h2-7H,14H2,1H3. The van der Waals surface area contributed by atoms with Gasteiger partial charge in [-0.2, -0.15) is 0 Å². The number of anilines is 1. The van der Waals surface area contributed by atoms with Crippen molar-refractivity contribution in [3.05, 3.63) is 42.1 Å². The zero-order valence-corrected chi connectivity index (χ0v) is 9.34. The molecule has 0 aliphatic heterocycles. The van der Waals surface area contributed by atoms with Crippen molar-refractivity contribution in [3.8, 4) is 11.6 Å². The number of aromatic nitrogens is 2. The SMILES string of the molecule is Cc1cccnc1-c1nc2cc(N)ccc2o1. The molecule has 0 fully saturated rings. The summed E-state index contributed by atoms with van der Waals surface area (Å²) < 4.78 is 5.66. The molecule has 0 aliphatic carbocycles. The molecule has 2 heterocycles. The van der Waals surface area contributed by atoms with Gasteiger partial charge < -0.3 is 10.2 Å². The number of nitrogens with two attached hydrogens (primary N) is 1. The second-order valence-electron chi connectivity index (χ2n) is 3.92. The maximum atomic E-state index is 5.70. The molecule has 2 N–H and O–H groups in total. The molecule has 0 saturated heterocycles. The van der Waals surface area contributed by atoms with Crippen LogP contribution in [0.1, 0.15) is 5.56 Å². The van der Waals surface area contributed by atoms with Crippen LogP contribution in [0.4, 0.5) is 5.69 Å². The van der Waals surface area contributed by atoms with Gasteiger partial charge in [0.1, 0.15) is 11.2 Å². The predicted molar refractivity (Wildman–Crippen MR) is 66.4 cm³/mol. The third-order valence-corrected chi connectivity index (χ3v) is 2.62. The van der Waals surface area contributed by atoms with Crippen molar-refractivity contribution in [3.63, 3.8) is 0 Å². The van der Waals surface area contributed by atoms with E-state index < -0.39 is 0 Å². The summed E-state index contributed by atoms with van der Waals surface area (Å²) in [7, 11) is 0. The zero-order valence-electron chi connectivity index (χ0n) is 9.34. The number of nitrogen functional groups attached to an aromatic ring is 1. The summed E-state index contributed by atoms with van der Waals surface area (Å²) in [5.74, 6) is 0.531. The molecule has 3 rings (SSSR count). The first kappa shape index (κ1) is 9.84. The molecule has 84 valence electrons. The lowest BCUT2D eigenvalue weighted by molar-refractivity contribution is 0.616. The minimum absolute atomic E-state index is 0.531. The Morgan fingerprint density at radius 3 is 2.94 bits per heavy atom. The smallest absolute Gasteiger partial charge is 0.246 e. The van der Waals surface area contributed by atoms with E-state index in [0.717, 1.165) is 22.4 Å². The van der Waals surface area contributed by atoms with Gasteiger partial charge in [-0.15, -0.1) is 0 Å². The van der Waals surface area contributed by atoms with E-state index in [-0.39, 0.29) is 0 Å². The molecule has 0 spiro atoms. The highest BCUT2D eigenvalue weighted by molar-refractivity contribution is 5.79. The number of nitrogens with zero attached hydrogens (tertiary/aromatic N) is 2. The first-order chi connectivity index (χ1) is 8.24. The van der Waals surface area contributed by atoms with Crippen LogP contribution in [0, 0.1) is 6.92 Å². The van der Waals surface area contributed by atoms with Crippen LogP contribution in [0.3, 0.4) is 0 Å². The molecular formula is C13H11N3O. The minimum Gasteiger partial charge on any atom is -0.435 e. The molecule has 0 bridgehead atoms. The van der Waals surface area contributed by atoms with Crippen LogP contribution in [0.25, 0.3) is 22.7 Å². The largest absolute Gasteiger partial charge is 0.435 e. The normalized spacial score (nSPS) is 10.9. The Balaban J connectivity index is 2.22. The summed E-state index contributed by atoms with van der Waals surface area (Å²) in [5.41, 5.74) is 9.66. The van der Waals surface area contributed by atoms with Gasteiger partial charge in [0, 0.05) is 11.9 Å². The maximum Gasteiger partial charge on any atom is 0.246 e. The molecule has 2 aromatic heterocycles. The first-order valence-electron chi connectivity index (χ1n) is 5.32. The topological polar surface area (TPSA) is 64.9 Å². The molecule has 0 atom stereocenters. The molecule has 1 aromatic carbocycles. The van der Waals surface area contributed by atoms with Crippen molar-refractivity contribution in [1.82, 2.24) is 9.97 Å². The Labute approximate surface area is 98.1 Å². The third-order valence-electron chi connectivity index (χ3n) is 2.62. The molecule has 0 saturated carbocycles. The summed E-state index contributed by atoms with van der Waals surface area (Å²) in [6.45, 7) is 1.98. The van der Waals surface area contributed by atoms with Gasteiger partial charge in [-0.05, 0) is 36.8 Å².